The maximum atomic E-state index is 12.2. The van der Waals surface area contributed by atoms with E-state index in [0.717, 1.165) is 18.9 Å². The zero-order valence-corrected chi connectivity index (χ0v) is 21.7. The Bertz CT molecular complexity index is 880. The van der Waals surface area contributed by atoms with Crippen LogP contribution in [0.25, 0.3) is 0 Å². The molecule has 0 bridgehead atoms. The van der Waals surface area contributed by atoms with Gasteiger partial charge in [0.05, 0.1) is 30.3 Å². The number of hydrogen-bond acceptors (Lipinski definition) is 6. The van der Waals surface area contributed by atoms with Crippen LogP contribution in [0.5, 0.6) is 0 Å². The molecule has 3 fully saturated rings. The third-order valence-electron chi connectivity index (χ3n) is 7.53. The van der Waals surface area contributed by atoms with Crippen LogP contribution in [0.15, 0.2) is 24.3 Å². The Hall–Kier alpha value is -2.14. The Morgan fingerprint density at radius 3 is 2.37 bits per heavy atom. The van der Waals surface area contributed by atoms with Gasteiger partial charge in [0, 0.05) is 32.1 Å². The molecule has 3 aliphatic rings. The molecule has 35 heavy (non-hydrogen) atoms. The summed E-state index contributed by atoms with van der Waals surface area (Å²) >= 11 is 0. The number of rotatable bonds is 6. The molecule has 1 amide bonds. The number of likely N-dealkylation sites (tertiary alicyclic amines) is 1. The maximum Gasteiger partial charge on any atom is 0.410 e. The molecule has 0 radical (unpaired) electrons. The van der Waals surface area contributed by atoms with Crippen molar-refractivity contribution < 1.29 is 19.0 Å². The van der Waals surface area contributed by atoms with Crippen molar-refractivity contribution in [1.29, 1.82) is 5.26 Å². The molecule has 0 aromatic heterocycles. The summed E-state index contributed by atoms with van der Waals surface area (Å²) < 4.78 is 17.6. The van der Waals surface area contributed by atoms with Crippen molar-refractivity contribution in [3.8, 4) is 6.07 Å². The van der Waals surface area contributed by atoms with Gasteiger partial charge in [-0.15, -0.1) is 0 Å². The molecule has 1 N–H and O–H groups in total. The van der Waals surface area contributed by atoms with Crippen LogP contribution in [0, 0.1) is 28.6 Å². The molecule has 1 atom stereocenters. The number of nitrogens with zero attached hydrogens (tertiary/aromatic N) is 2. The SMILES string of the molecule is CC1CCC(C(NCCC2OCC3(CO2)CN(C(=O)OC(C)(C)C)C3)c2ccc(C#N)cc2)CC1. The van der Waals surface area contributed by atoms with E-state index in [0.29, 0.717) is 37.8 Å². The van der Waals surface area contributed by atoms with E-state index < -0.39 is 5.60 Å². The third kappa shape index (κ3) is 6.75. The number of nitrogens with one attached hydrogen (secondary N) is 1. The van der Waals surface area contributed by atoms with Gasteiger partial charge in [0.1, 0.15) is 5.60 Å². The average molecular weight is 484 g/mol. The molecule has 192 valence electrons. The van der Waals surface area contributed by atoms with Gasteiger partial charge in [-0.3, -0.25) is 0 Å². The van der Waals surface area contributed by atoms with Crippen LogP contribution in [0.3, 0.4) is 0 Å². The molecule has 4 rings (SSSR count). The standard InChI is InChI=1S/C28H41N3O4/c1-20-5-9-22(10-6-20)25(23-11-7-21(15-29)8-12-23)30-14-13-24-33-18-28(19-34-24)16-31(17-28)26(32)35-27(2,3)4/h7-8,11-12,20,22,24-25,30H,5-6,9-10,13-14,16-19H2,1-4H3. The summed E-state index contributed by atoms with van der Waals surface area (Å²) in [7, 11) is 0. The normalized spacial score (nSPS) is 25.5. The molecule has 2 aliphatic heterocycles. The van der Waals surface area contributed by atoms with Crippen LogP contribution in [0.2, 0.25) is 0 Å². The van der Waals surface area contributed by atoms with Gasteiger partial charge in [0.25, 0.3) is 0 Å². The van der Waals surface area contributed by atoms with E-state index in [-0.39, 0.29) is 23.8 Å². The maximum absolute atomic E-state index is 12.2. The number of carbonyl (C=O) groups excluding carboxylic acids is 1. The topological polar surface area (TPSA) is 83.8 Å². The van der Waals surface area contributed by atoms with Crippen LogP contribution < -0.4 is 5.32 Å². The fourth-order valence-electron chi connectivity index (χ4n) is 5.50. The Morgan fingerprint density at radius 2 is 1.80 bits per heavy atom. The molecule has 1 spiro atoms. The predicted molar refractivity (Wildman–Crippen MR) is 134 cm³/mol. The quantitative estimate of drug-likeness (QED) is 0.612. The van der Waals surface area contributed by atoms with Gasteiger partial charge in [-0.05, 0) is 63.1 Å². The zero-order valence-electron chi connectivity index (χ0n) is 21.7. The molecule has 1 aliphatic carbocycles. The van der Waals surface area contributed by atoms with E-state index in [1.807, 2.05) is 32.9 Å². The second kappa shape index (κ2) is 10.9. The first-order chi connectivity index (χ1) is 16.7. The Kier molecular flexibility index (Phi) is 8.05. The van der Waals surface area contributed by atoms with Gasteiger partial charge in [0.15, 0.2) is 6.29 Å². The molecule has 7 nitrogen and oxygen atoms in total. The number of nitriles is 1. The van der Waals surface area contributed by atoms with Crippen LogP contribution in [-0.2, 0) is 14.2 Å². The largest absolute Gasteiger partial charge is 0.444 e. The lowest BCUT2D eigenvalue weighted by Gasteiger charge is -2.52. The van der Waals surface area contributed by atoms with E-state index in [2.05, 4.69) is 30.4 Å². The summed E-state index contributed by atoms with van der Waals surface area (Å²) in [4.78, 5) is 14.0. The fraction of sp³-hybridized carbons (Fsp3) is 0.714. The van der Waals surface area contributed by atoms with Gasteiger partial charge in [-0.25, -0.2) is 4.79 Å². The van der Waals surface area contributed by atoms with E-state index >= 15 is 0 Å². The van der Waals surface area contributed by atoms with Crippen molar-refractivity contribution in [1.82, 2.24) is 10.2 Å². The molecule has 1 unspecified atom stereocenters. The van der Waals surface area contributed by atoms with Crippen molar-refractivity contribution in [2.24, 2.45) is 17.3 Å². The minimum atomic E-state index is -0.483. The van der Waals surface area contributed by atoms with E-state index in [1.54, 1.807) is 4.90 Å². The Labute approximate surface area is 210 Å². The zero-order chi connectivity index (χ0) is 25.1. The van der Waals surface area contributed by atoms with Gasteiger partial charge >= 0.3 is 6.09 Å². The summed E-state index contributed by atoms with van der Waals surface area (Å²) in [5.41, 5.74) is 1.36. The van der Waals surface area contributed by atoms with Crippen LogP contribution in [0.1, 0.15) is 77.0 Å². The lowest BCUT2D eigenvalue weighted by Crippen LogP contribution is -2.65. The molecular formula is C28H41N3O4. The van der Waals surface area contributed by atoms with Crippen molar-refractivity contribution in [2.75, 3.05) is 32.8 Å². The van der Waals surface area contributed by atoms with E-state index in [9.17, 15) is 4.79 Å². The van der Waals surface area contributed by atoms with Gasteiger partial charge in [-0.2, -0.15) is 5.26 Å². The molecular weight excluding hydrogens is 442 g/mol. The van der Waals surface area contributed by atoms with E-state index in [1.165, 1.54) is 31.2 Å². The summed E-state index contributed by atoms with van der Waals surface area (Å²) in [5.74, 6) is 1.41. The summed E-state index contributed by atoms with van der Waals surface area (Å²) in [6.45, 7) is 11.2. The molecule has 2 heterocycles. The molecule has 1 saturated carbocycles. The number of carbonyl (C=O) groups is 1. The number of amides is 1. The predicted octanol–water partition coefficient (Wildman–Crippen LogP) is 5.02. The van der Waals surface area contributed by atoms with Gasteiger partial charge < -0.3 is 24.4 Å². The van der Waals surface area contributed by atoms with Crippen LogP contribution in [-0.4, -0.2) is 55.7 Å². The molecule has 1 aromatic carbocycles. The second-order valence-corrected chi connectivity index (χ2v) is 11.9. The van der Waals surface area contributed by atoms with Gasteiger partial charge in [0.2, 0.25) is 0 Å². The highest BCUT2D eigenvalue weighted by Crippen LogP contribution is 2.38. The molecule has 2 saturated heterocycles. The highest BCUT2D eigenvalue weighted by Gasteiger charge is 2.49. The van der Waals surface area contributed by atoms with E-state index in [4.69, 9.17) is 19.5 Å². The van der Waals surface area contributed by atoms with Crippen molar-refractivity contribution in [3.05, 3.63) is 35.4 Å². The highest BCUT2D eigenvalue weighted by molar-refractivity contribution is 5.69. The van der Waals surface area contributed by atoms with Gasteiger partial charge in [-0.1, -0.05) is 31.9 Å². The van der Waals surface area contributed by atoms with Crippen molar-refractivity contribution >= 4 is 6.09 Å². The van der Waals surface area contributed by atoms with Crippen molar-refractivity contribution in [2.45, 2.75) is 77.7 Å². The minimum Gasteiger partial charge on any atom is -0.444 e. The van der Waals surface area contributed by atoms with Crippen LogP contribution in [0.4, 0.5) is 4.79 Å². The summed E-state index contributed by atoms with van der Waals surface area (Å²) in [6, 6.07) is 10.5. The molecule has 7 heteroatoms. The second-order valence-electron chi connectivity index (χ2n) is 11.9. The smallest absolute Gasteiger partial charge is 0.410 e. The lowest BCUT2D eigenvalue weighted by atomic mass is 9.77. The number of hydrogen-bond donors (Lipinski definition) is 1. The first-order valence-corrected chi connectivity index (χ1v) is 13.1. The fourth-order valence-corrected chi connectivity index (χ4v) is 5.50. The minimum absolute atomic E-state index is 0.107. The number of ether oxygens (including phenoxy) is 3. The Morgan fingerprint density at radius 1 is 1.17 bits per heavy atom. The summed E-state index contributed by atoms with van der Waals surface area (Å²) in [5, 5.41) is 12.9. The first kappa shape index (κ1) is 25.9. The van der Waals surface area contributed by atoms with Crippen LogP contribution >= 0.6 is 0 Å². The molecule has 1 aromatic rings. The monoisotopic (exact) mass is 483 g/mol. The van der Waals surface area contributed by atoms with Crippen molar-refractivity contribution in [3.63, 3.8) is 0 Å². The Balaban J connectivity index is 1.24. The third-order valence-corrected chi connectivity index (χ3v) is 7.53. The average Bonchev–Trinajstić information content (AvgIpc) is 2.81. The summed E-state index contributed by atoms with van der Waals surface area (Å²) in [6.07, 6.45) is 5.30. The number of benzene rings is 1. The highest BCUT2D eigenvalue weighted by atomic mass is 16.7. The lowest BCUT2D eigenvalue weighted by molar-refractivity contribution is -0.255. The first-order valence-electron chi connectivity index (χ1n) is 13.1.